The summed E-state index contributed by atoms with van der Waals surface area (Å²) in [6.45, 7) is 4.29. The highest BCUT2D eigenvalue weighted by Gasteiger charge is 2.11. The van der Waals surface area contributed by atoms with E-state index in [0.29, 0.717) is 17.0 Å². The molecule has 20 heavy (non-hydrogen) atoms. The maximum Gasteiger partial charge on any atom is 0.249 e. The van der Waals surface area contributed by atoms with Gasteiger partial charge in [-0.3, -0.25) is 4.79 Å². The maximum absolute atomic E-state index is 13.4. The van der Waals surface area contributed by atoms with Crippen LogP contribution in [0.1, 0.15) is 42.1 Å². The molecular formula is C17H18FNO. The zero-order valence-electron chi connectivity index (χ0n) is 11.7. The van der Waals surface area contributed by atoms with E-state index in [4.69, 9.17) is 5.73 Å². The standard InChI is InChI=1S/C17H18FNO/c1-3-11(2)12-4-6-13(7-5-12)16-10-14(18)8-9-15(16)17(19)20/h4-11H,3H2,1-2H3,(H2,19,20). The minimum absolute atomic E-state index is 0.336. The fourth-order valence-electron chi connectivity index (χ4n) is 2.20. The first-order chi connectivity index (χ1) is 9.52. The zero-order chi connectivity index (χ0) is 14.7. The molecule has 2 rings (SSSR count). The summed E-state index contributed by atoms with van der Waals surface area (Å²) in [4.78, 5) is 11.4. The molecule has 1 atom stereocenters. The Morgan fingerprint density at radius 2 is 1.85 bits per heavy atom. The number of nitrogens with two attached hydrogens (primary N) is 1. The summed E-state index contributed by atoms with van der Waals surface area (Å²) >= 11 is 0. The molecule has 0 aromatic heterocycles. The third-order valence-electron chi connectivity index (χ3n) is 3.65. The summed E-state index contributed by atoms with van der Waals surface area (Å²) in [6, 6.07) is 11.9. The van der Waals surface area contributed by atoms with Crippen molar-refractivity contribution in [2.24, 2.45) is 5.73 Å². The summed E-state index contributed by atoms with van der Waals surface area (Å²) in [5, 5.41) is 0. The number of benzene rings is 2. The lowest BCUT2D eigenvalue weighted by atomic mass is 9.94. The largest absolute Gasteiger partial charge is 0.366 e. The van der Waals surface area contributed by atoms with Crippen molar-refractivity contribution in [1.29, 1.82) is 0 Å². The van der Waals surface area contributed by atoms with Crippen molar-refractivity contribution in [3.05, 3.63) is 59.4 Å². The summed E-state index contributed by atoms with van der Waals surface area (Å²) in [5.74, 6) is -0.450. The van der Waals surface area contributed by atoms with E-state index in [1.54, 1.807) is 0 Å². The van der Waals surface area contributed by atoms with Crippen LogP contribution in [-0.2, 0) is 0 Å². The number of halogens is 1. The molecule has 104 valence electrons. The molecule has 0 saturated heterocycles. The van der Waals surface area contributed by atoms with Crippen molar-refractivity contribution in [3.63, 3.8) is 0 Å². The number of hydrogen-bond donors (Lipinski definition) is 1. The van der Waals surface area contributed by atoms with Gasteiger partial charge < -0.3 is 5.73 Å². The fraction of sp³-hybridized carbons (Fsp3) is 0.235. The maximum atomic E-state index is 13.4. The van der Waals surface area contributed by atoms with Gasteiger partial charge in [0.1, 0.15) is 5.82 Å². The predicted octanol–water partition coefficient (Wildman–Crippen LogP) is 4.11. The number of hydrogen-bond acceptors (Lipinski definition) is 1. The van der Waals surface area contributed by atoms with Gasteiger partial charge in [0.25, 0.3) is 0 Å². The van der Waals surface area contributed by atoms with Gasteiger partial charge in [0, 0.05) is 5.56 Å². The summed E-state index contributed by atoms with van der Waals surface area (Å²) in [5.41, 5.74) is 8.24. The van der Waals surface area contributed by atoms with Crippen LogP contribution < -0.4 is 5.73 Å². The van der Waals surface area contributed by atoms with Gasteiger partial charge in [-0.15, -0.1) is 0 Å². The van der Waals surface area contributed by atoms with E-state index >= 15 is 0 Å². The number of primary amides is 1. The molecule has 0 radical (unpaired) electrons. The van der Waals surface area contributed by atoms with Gasteiger partial charge in [0.15, 0.2) is 0 Å². The number of rotatable bonds is 4. The SMILES string of the molecule is CCC(C)c1ccc(-c2cc(F)ccc2C(N)=O)cc1. The first kappa shape index (κ1) is 14.3. The lowest BCUT2D eigenvalue weighted by Crippen LogP contribution is -2.12. The van der Waals surface area contributed by atoms with Gasteiger partial charge in [-0.25, -0.2) is 4.39 Å². The Bertz CT molecular complexity index is 619. The van der Waals surface area contributed by atoms with E-state index in [1.807, 2.05) is 24.3 Å². The van der Waals surface area contributed by atoms with Crippen LogP contribution in [0.15, 0.2) is 42.5 Å². The second-order valence-electron chi connectivity index (χ2n) is 4.99. The number of carbonyl (C=O) groups excluding carboxylic acids is 1. The Hall–Kier alpha value is -2.16. The lowest BCUT2D eigenvalue weighted by Gasteiger charge is -2.11. The molecule has 0 aliphatic rings. The highest BCUT2D eigenvalue weighted by Crippen LogP contribution is 2.27. The average molecular weight is 271 g/mol. The van der Waals surface area contributed by atoms with Crippen LogP contribution in [-0.4, -0.2) is 5.91 Å². The molecule has 0 heterocycles. The van der Waals surface area contributed by atoms with Crippen molar-refractivity contribution in [1.82, 2.24) is 0 Å². The van der Waals surface area contributed by atoms with Crippen LogP contribution >= 0.6 is 0 Å². The van der Waals surface area contributed by atoms with Crippen molar-refractivity contribution in [2.75, 3.05) is 0 Å². The molecule has 2 aromatic carbocycles. The molecule has 0 saturated carbocycles. The van der Waals surface area contributed by atoms with Crippen LogP contribution in [0.5, 0.6) is 0 Å². The molecule has 0 bridgehead atoms. The van der Waals surface area contributed by atoms with Crippen LogP contribution in [0.2, 0.25) is 0 Å². The van der Waals surface area contributed by atoms with Crippen molar-refractivity contribution < 1.29 is 9.18 Å². The van der Waals surface area contributed by atoms with Crippen LogP contribution in [0.25, 0.3) is 11.1 Å². The van der Waals surface area contributed by atoms with E-state index in [9.17, 15) is 9.18 Å². The minimum Gasteiger partial charge on any atom is -0.366 e. The minimum atomic E-state index is -0.550. The Balaban J connectivity index is 2.46. The molecule has 0 spiro atoms. The highest BCUT2D eigenvalue weighted by atomic mass is 19.1. The molecule has 2 N–H and O–H groups in total. The predicted molar refractivity (Wildman–Crippen MR) is 79.1 cm³/mol. The average Bonchev–Trinajstić information content (AvgIpc) is 2.46. The van der Waals surface area contributed by atoms with Crippen molar-refractivity contribution >= 4 is 5.91 Å². The molecule has 1 unspecified atom stereocenters. The van der Waals surface area contributed by atoms with Crippen LogP contribution in [0.3, 0.4) is 0 Å². The molecule has 1 amide bonds. The summed E-state index contributed by atoms with van der Waals surface area (Å²) in [6.07, 6.45) is 1.06. The van der Waals surface area contributed by atoms with E-state index in [0.717, 1.165) is 12.0 Å². The fourth-order valence-corrected chi connectivity index (χ4v) is 2.20. The normalized spacial score (nSPS) is 12.2. The molecule has 0 fully saturated rings. The van der Waals surface area contributed by atoms with Gasteiger partial charge in [-0.2, -0.15) is 0 Å². The Kier molecular flexibility index (Phi) is 4.18. The van der Waals surface area contributed by atoms with Crippen molar-refractivity contribution in [2.45, 2.75) is 26.2 Å². The van der Waals surface area contributed by atoms with Crippen molar-refractivity contribution in [3.8, 4) is 11.1 Å². The lowest BCUT2D eigenvalue weighted by molar-refractivity contribution is 0.100. The number of carbonyl (C=O) groups is 1. The number of amides is 1. The first-order valence-electron chi connectivity index (χ1n) is 6.72. The molecule has 2 aromatic rings. The zero-order valence-corrected chi connectivity index (χ0v) is 11.7. The molecule has 2 nitrogen and oxygen atoms in total. The van der Waals surface area contributed by atoms with Gasteiger partial charge in [0.05, 0.1) is 0 Å². The molecule has 0 aliphatic carbocycles. The van der Waals surface area contributed by atoms with Crippen LogP contribution in [0, 0.1) is 5.82 Å². The van der Waals surface area contributed by atoms with E-state index in [-0.39, 0.29) is 5.82 Å². The molecule has 3 heteroatoms. The monoisotopic (exact) mass is 271 g/mol. The summed E-state index contributed by atoms with van der Waals surface area (Å²) in [7, 11) is 0. The third kappa shape index (κ3) is 2.87. The second kappa shape index (κ2) is 5.87. The highest BCUT2D eigenvalue weighted by molar-refractivity contribution is 5.99. The second-order valence-corrected chi connectivity index (χ2v) is 4.99. The van der Waals surface area contributed by atoms with Gasteiger partial charge >= 0.3 is 0 Å². The van der Waals surface area contributed by atoms with Gasteiger partial charge in [0.2, 0.25) is 5.91 Å². The smallest absolute Gasteiger partial charge is 0.249 e. The Morgan fingerprint density at radius 1 is 1.20 bits per heavy atom. The van der Waals surface area contributed by atoms with Gasteiger partial charge in [-0.1, -0.05) is 38.1 Å². The topological polar surface area (TPSA) is 43.1 Å². The van der Waals surface area contributed by atoms with Gasteiger partial charge in [-0.05, 0) is 47.2 Å². The molecule has 0 aliphatic heterocycles. The van der Waals surface area contributed by atoms with E-state index in [1.165, 1.54) is 23.8 Å². The summed E-state index contributed by atoms with van der Waals surface area (Å²) < 4.78 is 13.4. The van der Waals surface area contributed by atoms with E-state index in [2.05, 4.69) is 13.8 Å². The Morgan fingerprint density at radius 3 is 2.40 bits per heavy atom. The Labute approximate surface area is 118 Å². The first-order valence-corrected chi connectivity index (χ1v) is 6.72. The van der Waals surface area contributed by atoms with E-state index < -0.39 is 5.91 Å². The molecular weight excluding hydrogens is 253 g/mol. The van der Waals surface area contributed by atoms with Crippen LogP contribution in [0.4, 0.5) is 4.39 Å². The third-order valence-corrected chi connectivity index (χ3v) is 3.65. The quantitative estimate of drug-likeness (QED) is 0.893.